The minimum atomic E-state index is 0.478. The van der Waals surface area contributed by atoms with E-state index in [9.17, 15) is 0 Å². The molecule has 100 valence electrons. The van der Waals surface area contributed by atoms with Crippen LogP contribution in [0.5, 0.6) is 5.88 Å². The molecule has 0 saturated carbocycles. The van der Waals surface area contributed by atoms with Crippen molar-refractivity contribution in [2.45, 2.75) is 20.4 Å². The summed E-state index contributed by atoms with van der Waals surface area (Å²) in [5, 5.41) is 3.28. The number of anilines is 2. The second kappa shape index (κ2) is 6.15. The van der Waals surface area contributed by atoms with Crippen molar-refractivity contribution in [2.24, 2.45) is 5.73 Å². The molecule has 0 aliphatic rings. The fourth-order valence-electron chi connectivity index (χ4n) is 1.79. The molecule has 19 heavy (non-hydrogen) atoms. The highest BCUT2D eigenvalue weighted by atomic mass is 16.5. The molecule has 1 heterocycles. The van der Waals surface area contributed by atoms with Gasteiger partial charge in [-0.3, -0.25) is 0 Å². The van der Waals surface area contributed by atoms with E-state index in [-0.39, 0.29) is 0 Å². The normalized spacial score (nSPS) is 10.3. The molecule has 2 aromatic rings. The lowest BCUT2D eigenvalue weighted by Crippen LogP contribution is -2.05. The summed E-state index contributed by atoms with van der Waals surface area (Å²) in [6.45, 7) is 4.92. The Morgan fingerprint density at radius 2 is 2.05 bits per heavy atom. The van der Waals surface area contributed by atoms with Crippen LogP contribution in [0.3, 0.4) is 0 Å². The molecular weight excluding hydrogens is 240 g/mol. The standard InChI is InChI=1S/C14H18N4O/c1-3-19-14-10(2)13(16-9-17-14)18-12-7-5-4-6-11(12)8-15/h4-7,9H,3,8,15H2,1-2H3,(H,16,17,18). The largest absolute Gasteiger partial charge is 0.478 e. The minimum Gasteiger partial charge on any atom is -0.478 e. The van der Waals surface area contributed by atoms with Gasteiger partial charge in [-0.25, -0.2) is 9.97 Å². The van der Waals surface area contributed by atoms with Crippen molar-refractivity contribution in [1.29, 1.82) is 0 Å². The zero-order chi connectivity index (χ0) is 13.7. The van der Waals surface area contributed by atoms with Gasteiger partial charge in [0.15, 0.2) is 0 Å². The third-order valence-corrected chi connectivity index (χ3v) is 2.81. The van der Waals surface area contributed by atoms with Gasteiger partial charge in [-0.05, 0) is 25.5 Å². The number of ether oxygens (including phenoxy) is 1. The highest BCUT2D eigenvalue weighted by Gasteiger charge is 2.09. The van der Waals surface area contributed by atoms with Crippen LogP contribution in [0.25, 0.3) is 0 Å². The van der Waals surface area contributed by atoms with E-state index < -0.39 is 0 Å². The van der Waals surface area contributed by atoms with Gasteiger partial charge in [0, 0.05) is 12.2 Å². The number of hydrogen-bond acceptors (Lipinski definition) is 5. The molecule has 5 nitrogen and oxygen atoms in total. The minimum absolute atomic E-state index is 0.478. The average molecular weight is 258 g/mol. The molecule has 0 aliphatic carbocycles. The SMILES string of the molecule is CCOc1ncnc(Nc2ccccc2CN)c1C. The lowest BCUT2D eigenvalue weighted by molar-refractivity contribution is 0.324. The first kappa shape index (κ1) is 13.3. The van der Waals surface area contributed by atoms with Crippen molar-refractivity contribution in [3.8, 4) is 5.88 Å². The Labute approximate surface area is 112 Å². The summed E-state index contributed by atoms with van der Waals surface area (Å²) in [5.41, 5.74) is 8.60. The Balaban J connectivity index is 2.30. The molecule has 1 aromatic heterocycles. The van der Waals surface area contributed by atoms with Gasteiger partial charge in [-0.15, -0.1) is 0 Å². The second-order valence-corrected chi connectivity index (χ2v) is 4.07. The van der Waals surface area contributed by atoms with Gasteiger partial charge in [-0.2, -0.15) is 0 Å². The summed E-state index contributed by atoms with van der Waals surface area (Å²) >= 11 is 0. The first-order chi connectivity index (χ1) is 9.26. The van der Waals surface area contributed by atoms with Gasteiger partial charge >= 0.3 is 0 Å². The van der Waals surface area contributed by atoms with Crippen molar-refractivity contribution >= 4 is 11.5 Å². The van der Waals surface area contributed by atoms with E-state index in [1.165, 1.54) is 6.33 Å². The molecular formula is C14H18N4O. The number of hydrogen-bond donors (Lipinski definition) is 2. The quantitative estimate of drug-likeness (QED) is 0.861. The Bertz CT molecular complexity index is 557. The maximum atomic E-state index is 5.72. The zero-order valence-electron chi connectivity index (χ0n) is 11.2. The smallest absolute Gasteiger partial charge is 0.221 e. The van der Waals surface area contributed by atoms with Crippen LogP contribution < -0.4 is 15.8 Å². The van der Waals surface area contributed by atoms with Gasteiger partial charge in [0.25, 0.3) is 0 Å². The zero-order valence-corrected chi connectivity index (χ0v) is 11.2. The van der Waals surface area contributed by atoms with Crippen LogP contribution in [0.15, 0.2) is 30.6 Å². The van der Waals surface area contributed by atoms with Crippen LogP contribution in [0.4, 0.5) is 11.5 Å². The number of aromatic nitrogens is 2. The van der Waals surface area contributed by atoms with Gasteiger partial charge in [-0.1, -0.05) is 18.2 Å². The van der Waals surface area contributed by atoms with E-state index in [0.29, 0.717) is 19.0 Å². The lowest BCUT2D eigenvalue weighted by Gasteiger charge is -2.13. The summed E-state index contributed by atoms with van der Waals surface area (Å²) in [5.74, 6) is 1.34. The van der Waals surface area contributed by atoms with Gasteiger partial charge in [0.1, 0.15) is 12.1 Å². The second-order valence-electron chi connectivity index (χ2n) is 4.07. The van der Waals surface area contributed by atoms with Crippen LogP contribution in [0.1, 0.15) is 18.1 Å². The molecule has 3 N–H and O–H groups in total. The molecule has 5 heteroatoms. The Kier molecular flexibility index (Phi) is 4.30. The average Bonchev–Trinajstić information content (AvgIpc) is 2.44. The molecule has 0 aliphatic heterocycles. The number of para-hydroxylation sites is 1. The number of nitrogens with zero attached hydrogens (tertiary/aromatic N) is 2. The van der Waals surface area contributed by atoms with Crippen molar-refractivity contribution in [1.82, 2.24) is 9.97 Å². The summed E-state index contributed by atoms with van der Waals surface area (Å²) in [7, 11) is 0. The van der Waals surface area contributed by atoms with E-state index in [4.69, 9.17) is 10.5 Å². The first-order valence-corrected chi connectivity index (χ1v) is 6.25. The fraction of sp³-hybridized carbons (Fsp3) is 0.286. The maximum Gasteiger partial charge on any atom is 0.221 e. The summed E-state index contributed by atoms with van der Waals surface area (Å²) in [6, 6.07) is 7.89. The number of rotatable bonds is 5. The molecule has 0 atom stereocenters. The first-order valence-electron chi connectivity index (χ1n) is 6.25. The van der Waals surface area contributed by atoms with Gasteiger partial charge in [0.2, 0.25) is 5.88 Å². The number of benzene rings is 1. The van der Waals surface area contributed by atoms with E-state index >= 15 is 0 Å². The van der Waals surface area contributed by atoms with Crippen molar-refractivity contribution < 1.29 is 4.74 Å². The van der Waals surface area contributed by atoms with E-state index in [1.54, 1.807) is 0 Å². The van der Waals surface area contributed by atoms with Crippen LogP contribution in [-0.2, 0) is 6.54 Å². The van der Waals surface area contributed by atoms with E-state index in [2.05, 4.69) is 15.3 Å². The molecule has 0 saturated heterocycles. The molecule has 0 spiro atoms. The van der Waals surface area contributed by atoms with Crippen LogP contribution >= 0.6 is 0 Å². The Hall–Kier alpha value is -2.14. The van der Waals surface area contributed by atoms with Crippen molar-refractivity contribution in [3.63, 3.8) is 0 Å². The molecule has 1 aromatic carbocycles. The monoisotopic (exact) mass is 258 g/mol. The fourth-order valence-corrected chi connectivity index (χ4v) is 1.79. The van der Waals surface area contributed by atoms with Gasteiger partial charge in [0.05, 0.1) is 12.2 Å². The highest BCUT2D eigenvalue weighted by Crippen LogP contribution is 2.25. The van der Waals surface area contributed by atoms with Crippen LogP contribution in [-0.4, -0.2) is 16.6 Å². The molecule has 0 bridgehead atoms. The highest BCUT2D eigenvalue weighted by molar-refractivity contribution is 5.63. The van der Waals surface area contributed by atoms with Crippen molar-refractivity contribution in [2.75, 3.05) is 11.9 Å². The summed E-state index contributed by atoms with van der Waals surface area (Å²) in [4.78, 5) is 8.36. The lowest BCUT2D eigenvalue weighted by atomic mass is 10.1. The molecule has 2 rings (SSSR count). The van der Waals surface area contributed by atoms with Crippen molar-refractivity contribution in [3.05, 3.63) is 41.7 Å². The van der Waals surface area contributed by atoms with E-state index in [1.807, 2.05) is 38.1 Å². The van der Waals surface area contributed by atoms with E-state index in [0.717, 1.165) is 22.6 Å². The third kappa shape index (κ3) is 3.00. The Morgan fingerprint density at radius 3 is 2.79 bits per heavy atom. The number of nitrogens with one attached hydrogen (secondary N) is 1. The van der Waals surface area contributed by atoms with Gasteiger partial charge < -0.3 is 15.8 Å². The molecule has 0 amide bonds. The summed E-state index contributed by atoms with van der Waals surface area (Å²) in [6.07, 6.45) is 1.49. The molecule has 0 unspecified atom stereocenters. The maximum absolute atomic E-state index is 5.72. The summed E-state index contributed by atoms with van der Waals surface area (Å²) < 4.78 is 5.46. The van der Waals surface area contributed by atoms with Crippen LogP contribution in [0.2, 0.25) is 0 Å². The number of nitrogens with two attached hydrogens (primary N) is 1. The topological polar surface area (TPSA) is 73.1 Å². The third-order valence-electron chi connectivity index (χ3n) is 2.81. The predicted molar refractivity (Wildman–Crippen MR) is 75.6 cm³/mol. The molecule has 0 fully saturated rings. The van der Waals surface area contributed by atoms with Crippen LogP contribution in [0, 0.1) is 6.92 Å². The Morgan fingerprint density at radius 1 is 1.26 bits per heavy atom. The predicted octanol–water partition coefficient (Wildman–Crippen LogP) is 2.39. The molecule has 0 radical (unpaired) electrons.